The van der Waals surface area contributed by atoms with Crippen LogP contribution in [0.4, 0.5) is 5.88 Å². The van der Waals surface area contributed by atoms with E-state index in [2.05, 4.69) is 26.0 Å². The number of anilines is 1. The van der Waals surface area contributed by atoms with E-state index in [-0.39, 0.29) is 17.1 Å². The van der Waals surface area contributed by atoms with Gasteiger partial charge in [-0.25, -0.2) is 4.68 Å². The smallest absolute Gasteiger partial charge is 0.237 e. The largest absolute Gasteiger partial charge is 0.467 e. The maximum Gasteiger partial charge on any atom is 0.237 e. The molecule has 0 aromatic carbocycles. The Bertz CT molecular complexity index is 834. The van der Waals surface area contributed by atoms with Crippen LogP contribution in [0.3, 0.4) is 0 Å². The fraction of sp³-hybridized carbons (Fsp3) is 0.400. The normalized spacial score (nSPS) is 11.6. The van der Waals surface area contributed by atoms with Crippen molar-refractivity contribution in [2.24, 2.45) is 0 Å². The van der Waals surface area contributed by atoms with E-state index >= 15 is 0 Å². The Labute approximate surface area is 148 Å². The summed E-state index contributed by atoms with van der Waals surface area (Å²) in [5.41, 5.74) is 0.632. The number of nitrogens with one attached hydrogen (secondary N) is 1. The lowest BCUT2D eigenvalue weighted by atomic mass is 9.92. The van der Waals surface area contributed by atoms with E-state index in [4.69, 9.17) is 8.94 Å². The van der Waals surface area contributed by atoms with Crippen LogP contribution in [0, 0.1) is 0 Å². The van der Waals surface area contributed by atoms with E-state index in [0.29, 0.717) is 17.6 Å². The molecule has 3 heterocycles. The molecule has 25 heavy (non-hydrogen) atoms. The molecule has 0 unspecified atom stereocenters. The molecule has 10 heteroatoms. The number of carbonyl (C=O) groups is 1. The Hall–Kier alpha value is -2.62. The second kappa shape index (κ2) is 7.09. The number of carbonyl (C=O) groups excluding carboxylic acids is 1. The summed E-state index contributed by atoms with van der Waals surface area (Å²) in [6, 6.07) is 5.35. The van der Waals surface area contributed by atoms with E-state index in [9.17, 15) is 4.79 Å². The van der Waals surface area contributed by atoms with Crippen LogP contribution >= 0.6 is 11.8 Å². The SMILES string of the molecule is CC(C)(C)c1cc(NC(=O)CSc2nnnn2Cc2ccco2)on1. The van der Waals surface area contributed by atoms with Crippen molar-refractivity contribution < 1.29 is 13.7 Å². The van der Waals surface area contributed by atoms with Gasteiger partial charge < -0.3 is 8.94 Å². The summed E-state index contributed by atoms with van der Waals surface area (Å²) in [5, 5.41) is 18.6. The van der Waals surface area contributed by atoms with Gasteiger partial charge in [-0.2, -0.15) is 0 Å². The summed E-state index contributed by atoms with van der Waals surface area (Å²) in [7, 11) is 0. The van der Waals surface area contributed by atoms with Crippen LogP contribution in [0.15, 0.2) is 38.6 Å². The summed E-state index contributed by atoms with van der Waals surface area (Å²) < 4.78 is 12.0. The highest BCUT2D eigenvalue weighted by Gasteiger charge is 2.20. The summed E-state index contributed by atoms with van der Waals surface area (Å²) >= 11 is 1.23. The number of thioether (sulfide) groups is 1. The molecule has 1 amide bonds. The Morgan fingerprint density at radius 2 is 2.24 bits per heavy atom. The van der Waals surface area contributed by atoms with E-state index in [0.717, 1.165) is 11.5 Å². The molecule has 132 valence electrons. The third kappa shape index (κ3) is 4.47. The maximum absolute atomic E-state index is 12.1. The van der Waals surface area contributed by atoms with Gasteiger partial charge in [0.2, 0.25) is 16.9 Å². The van der Waals surface area contributed by atoms with Crippen LogP contribution in [-0.4, -0.2) is 37.0 Å². The number of amides is 1. The van der Waals surface area contributed by atoms with Crippen LogP contribution in [0.5, 0.6) is 0 Å². The molecule has 1 N–H and O–H groups in total. The van der Waals surface area contributed by atoms with Crippen LogP contribution in [0.1, 0.15) is 32.2 Å². The number of hydrogen-bond donors (Lipinski definition) is 1. The van der Waals surface area contributed by atoms with Crippen LogP contribution < -0.4 is 5.32 Å². The van der Waals surface area contributed by atoms with Crippen molar-refractivity contribution in [1.29, 1.82) is 0 Å². The van der Waals surface area contributed by atoms with Gasteiger partial charge >= 0.3 is 0 Å². The van der Waals surface area contributed by atoms with E-state index < -0.39 is 0 Å². The van der Waals surface area contributed by atoms with Crippen molar-refractivity contribution in [2.45, 2.75) is 37.9 Å². The highest BCUT2D eigenvalue weighted by molar-refractivity contribution is 7.99. The molecule has 0 fully saturated rings. The number of furan rings is 1. The zero-order chi connectivity index (χ0) is 17.9. The number of aromatic nitrogens is 5. The minimum absolute atomic E-state index is 0.143. The summed E-state index contributed by atoms with van der Waals surface area (Å²) in [6.45, 7) is 6.46. The Kier molecular flexibility index (Phi) is 4.88. The Balaban J connectivity index is 1.54. The van der Waals surface area contributed by atoms with Gasteiger partial charge in [0.1, 0.15) is 12.3 Å². The zero-order valence-electron chi connectivity index (χ0n) is 14.1. The maximum atomic E-state index is 12.1. The second-order valence-corrected chi connectivity index (χ2v) is 7.30. The van der Waals surface area contributed by atoms with Crippen LogP contribution in [0.25, 0.3) is 0 Å². The van der Waals surface area contributed by atoms with Gasteiger partial charge in [0.25, 0.3) is 0 Å². The fourth-order valence-corrected chi connectivity index (χ4v) is 2.62. The monoisotopic (exact) mass is 362 g/mol. The molecule has 0 aliphatic rings. The first-order valence-electron chi connectivity index (χ1n) is 7.60. The molecule has 0 radical (unpaired) electrons. The highest BCUT2D eigenvalue weighted by atomic mass is 32.2. The molecule has 3 aromatic rings. The lowest BCUT2D eigenvalue weighted by molar-refractivity contribution is -0.113. The quantitative estimate of drug-likeness (QED) is 0.665. The molecule has 0 saturated heterocycles. The first kappa shape index (κ1) is 17.2. The first-order chi connectivity index (χ1) is 11.9. The lowest BCUT2D eigenvalue weighted by Crippen LogP contribution is -2.15. The molecule has 9 nitrogen and oxygen atoms in total. The summed E-state index contributed by atoms with van der Waals surface area (Å²) in [5.74, 6) is 0.971. The van der Waals surface area contributed by atoms with Crippen LogP contribution in [0.2, 0.25) is 0 Å². The predicted molar refractivity (Wildman–Crippen MR) is 90.2 cm³/mol. The second-order valence-electron chi connectivity index (χ2n) is 6.36. The fourth-order valence-electron chi connectivity index (χ4n) is 1.94. The average molecular weight is 362 g/mol. The molecular formula is C15H18N6O3S. The van der Waals surface area contributed by atoms with Crippen molar-refractivity contribution >= 4 is 23.6 Å². The van der Waals surface area contributed by atoms with Gasteiger partial charge in [-0.15, -0.1) is 5.10 Å². The minimum atomic E-state index is -0.228. The average Bonchev–Trinajstić information content (AvgIpc) is 3.26. The topological polar surface area (TPSA) is 112 Å². The van der Waals surface area contributed by atoms with E-state index in [1.807, 2.05) is 26.8 Å². The third-order valence-corrected chi connectivity index (χ3v) is 4.22. The zero-order valence-corrected chi connectivity index (χ0v) is 14.9. The van der Waals surface area contributed by atoms with Gasteiger partial charge in [0.05, 0.1) is 17.7 Å². The van der Waals surface area contributed by atoms with Gasteiger partial charge in [-0.1, -0.05) is 37.7 Å². The van der Waals surface area contributed by atoms with Crippen molar-refractivity contribution in [3.8, 4) is 0 Å². The molecule has 0 atom stereocenters. The van der Waals surface area contributed by atoms with Gasteiger partial charge in [0, 0.05) is 11.5 Å². The van der Waals surface area contributed by atoms with Crippen molar-refractivity contribution in [2.75, 3.05) is 11.1 Å². The van der Waals surface area contributed by atoms with Gasteiger partial charge in [-0.05, 0) is 22.6 Å². The summed E-state index contributed by atoms with van der Waals surface area (Å²) in [4.78, 5) is 12.1. The molecule has 0 spiro atoms. The molecule has 0 bridgehead atoms. The summed E-state index contributed by atoms with van der Waals surface area (Å²) in [6.07, 6.45) is 1.59. The highest BCUT2D eigenvalue weighted by Crippen LogP contribution is 2.24. The standard InChI is InChI=1S/C15H18N6O3S/c1-15(2,3)11-7-13(24-18-11)16-12(22)9-25-14-17-19-20-21(14)8-10-5-4-6-23-10/h4-7H,8-9H2,1-3H3,(H,16,22). The van der Waals surface area contributed by atoms with Crippen molar-refractivity contribution in [3.05, 3.63) is 35.9 Å². The van der Waals surface area contributed by atoms with Crippen LogP contribution in [-0.2, 0) is 16.8 Å². The molecule has 0 saturated carbocycles. The predicted octanol–water partition coefficient (Wildman–Crippen LogP) is 2.33. The van der Waals surface area contributed by atoms with E-state index in [1.165, 1.54) is 11.8 Å². The molecule has 3 rings (SSSR count). The molecule has 0 aliphatic carbocycles. The molecule has 3 aromatic heterocycles. The number of rotatable bonds is 6. The minimum Gasteiger partial charge on any atom is -0.467 e. The van der Waals surface area contributed by atoms with Crippen molar-refractivity contribution in [1.82, 2.24) is 25.4 Å². The molecule has 0 aliphatic heterocycles. The van der Waals surface area contributed by atoms with E-state index in [1.54, 1.807) is 23.1 Å². The number of nitrogens with zero attached hydrogens (tertiary/aromatic N) is 5. The van der Waals surface area contributed by atoms with Crippen molar-refractivity contribution in [3.63, 3.8) is 0 Å². The van der Waals surface area contributed by atoms with Gasteiger partial charge in [-0.3, -0.25) is 10.1 Å². The third-order valence-electron chi connectivity index (χ3n) is 3.26. The van der Waals surface area contributed by atoms with Gasteiger partial charge in [0.15, 0.2) is 0 Å². The first-order valence-corrected chi connectivity index (χ1v) is 8.59. The lowest BCUT2D eigenvalue weighted by Gasteiger charge is -2.12. The molecular weight excluding hydrogens is 344 g/mol. The Morgan fingerprint density at radius 3 is 2.92 bits per heavy atom. The Morgan fingerprint density at radius 1 is 1.40 bits per heavy atom. The number of hydrogen-bond acceptors (Lipinski definition) is 8. The number of tetrazole rings is 1.